The summed E-state index contributed by atoms with van der Waals surface area (Å²) in [5, 5.41) is 19.0. The lowest BCUT2D eigenvalue weighted by Gasteiger charge is -2.20. The Kier molecular flexibility index (Phi) is 7.75. The van der Waals surface area contributed by atoms with E-state index in [0.717, 1.165) is 65.6 Å². The lowest BCUT2D eigenvalue weighted by atomic mass is 9.90. The molecule has 10 heteroatoms. The maximum absolute atomic E-state index is 11.2. The van der Waals surface area contributed by atoms with Gasteiger partial charge in [0, 0.05) is 17.7 Å². The summed E-state index contributed by atoms with van der Waals surface area (Å²) in [6.45, 7) is 8.65. The van der Waals surface area contributed by atoms with E-state index in [-0.39, 0.29) is 5.41 Å². The van der Waals surface area contributed by atoms with E-state index in [1.807, 2.05) is 19.0 Å². The van der Waals surface area contributed by atoms with Crippen molar-refractivity contribution in [1.82, 2.24) is 14.9 Å². The number of urea groups is 1. The number of aryl methyl sites for hydroxylation is 1. The number of thiazole rings is 1. The van der Waals surface area contributed by atoms with Crippen molar-refractivity contribution in [2.75, 3.05) is 19.4 Å². The number of hydrogen-bond donors (Lipinski definition) is 4. The molecule has 0 saturated carbocycles. The van der Waals surface area contributed by atoms with Crippen molar-refractivity contribution in [2.24, 2.45) is 10.9 Å². The lowest BCUT2D eigenvalue weighted by Crippen LogP contribution is -2.22. The number of fused-ring (bicyclic) bond motifs is 2. The van der Waals surface area contributed by atoms with Crippen LogP contribution in [-0.2, 0) is 36.8 Å². The lowest BCUT2D eigenvalue weighted by molar-refractivity contribution is 0.0780. The number of aromatic nitrogens is 2. The Balaban J connectivity index is 0.000000190. The Morgan fingerprint density at radius 1 is 1.24 bits per heavy atom. The number of amides is 2. The Morgan fingerprint density at radius 3 is 2.52 bits per heavy atom. The van der Waals surface area contributed by atoms with Crippen LogP contribution < -0.4 is 16.2 Å². The van der Waals surface area contributed by atoms with E-state index in [0.29, 0.717) is 5.01 Å². The van der Waals surface area contributed by atoms with E-state index in [1.54, 1.807) is 13.8 Å². The topological polar surface area (TPSA) is 130 Å². The summed E-state index contributed by atoms with van der Waals surface area (Å²) in [5.41, 5.74) is 11.2. The number of hydrogen-bond acceptors (Lipinski definition) is 8. The third kappa shape index (κ3) is 5.86. The second-order valence-electron chi connectivity index (χ2n) is 10.1. The number of nitrogens with one attached hydrogen (secondary N) is 1. The fraction of sp³-hybridized carbons (Fsp3) is 0.609. The second-order valence-corrected chi connectivity index (χ2v) is 12.0. The summed E-state index contributed by atoms with van der Waals surface area (Å²) in [6.07, 6.45) is 5.22. The third-order valence-corrected chi connectivity index (χ3v) is 8.17. The summed E-state index contributed by atoms with van der Waals surface area (Å²) in [7, 11) is 3.96. The minimum Gasteiger partial charge on any atom is -0.383 e. The first-order valence-electron chi connectivity index (χ1n) is 11.2. The highest BCUT2D eigenvalue weighted by Crippen LogP contribution is 2.44. The first-order chi connectivity index (χ1) is 15.3. The van der Waals surface area contributed by atoms with Gasteiger partial charge >= 0.3 is 6.03 Å². The number of nitrogens with zero attached hydrogens (tertiary/aromatic N) is 3. The largest absolute Gasteiger partial charge is 0.383 e. The second kappa shape index (κ2) is 9.87. The Morgan fingerprint density at radius 2 is 1.94 bits per heavy atom. The number of pyridine rings is 1. The third-order valence-electron chi connectivity index (χ3n) is 5.97. The predicted octanol–water partition coefficient (Wildman–Crippen LogP) is 3.68. The normalized spacial score (nSPS) is 16.3. The van der Waals surface area contributed by atoms with Crippen LogP contribution in [-0.4, -0.2) is 40.1 Å². The van der Waals surface area contributed by atoms with Crippen LogP contribution in [0.2, 0.25) is 0 Å². The number of nitrogens with two attached hydrogens (primary N) is 2. The zero-order valence-corrected chi connectivity index (χ0v) is 22.0. The van der Waals surface area contributed by atoms with Gasteiger partial charge in [0.25, 0.3) is 0 Å². The molecule has 2 aliphatic carbocycles. The van der Waals surface area contributed by atoms with E-state index in [2.05, 4.69) is 24.1 Å². The maximum Gasteiger partial charge on any atom is 0.316 e. The van der Waals surface area contributed by atoms with Gasteiger partial charge in [0.1, 0.15) is 10.6 Å². The van der Waals surface area contributed by atoms with Gasteiger partial charge in [0.2, 0.25) is 0 Å². The van der Waals surface area contributed by atoms with Crippen molar-refractivity contribution in [2.45, 2.75) is 81.6 Å². The first kappa shape index (κ1) is 25.9. The van der Waals surface area contributed by atoms with Gasteiger partial charge in [-0.15, -0.1) is 11.3 Å². The van der Waals surface area contributed by atoms with Crippen LogP contribution in [0, 0.1) is 0 Å². The molecular weight excluding hydrogens is 456 g/mol. The molecule has 0 bridgehead atoms. The molecule has 2 amide bonds. The molecule has 182 valence electrons. The van der Waals surface area contributed by atoms with Gasteiger partial charge in [-0.3, -0.25) is 10.1 Å². The van der Waals surface area contributed by atoms with Crippen molar-refractivity contribution in [3.8, 4) is 0 Å². The number of primary amides is 1. The van der Waals surface area contributed by atoms with Crippen LogP contribution in [0.1, 0.15) is 73.8 Å². The molecule has 8 nitrogen and oxygen atoms in total. The van der Waals surface area contributed by atoms with Crippen molar-refractivity contribution in [3.63, 3.8) is 0 Å². The summed E-state index contributed by atoms with van der Waals surface area (Å²) < 4.78 is 0.973. The number of anilines is 1. The smallest absolute Gasteiger partial charge is 0.316 e. The molecule has 0 radical (unpaired) electrons. The number of rotatable bonds is 5. The standard InChI is InChI=1S/C14H19N3O.C9H17N3OS2/c1-14(2)7-6-9-11(17-13(15)18)8-4-3-5-10(8)16-12(9)14;1-9(2,13)8-11-6(5-12(3)4)7(14-8)15-10/h3-7H2,1-2H3,(H3,15,16,17,18);13H,5,10H2,1-4H3. The fourth-order valence-corrected chi connectivity index (χ4v) is 5.83. The van der Waals surface area contributed by atoms with Gasteiger partial charge in [0.15, 0.2) is 0 Å². The van der Waals surface area contributed by atoms with Crippen molar-refractivity contribution in [1.29, 1.82) is 0 Å². The van der Waals surface area contributed by atoms with Gasteiger partial charge in [-0.05, 0) is 83.1 Å². The van der Waals surface area contributed by atoms with Crippen LogP contribution in [0.5, 0.6) is 0 Å². The number of carbonyl (C=O) groups is 1. The van der Waals surface area contributed by atoms with Crippen LogP contribution in [0.15, 0.2) is 4.21 Å². The molecule has 0 aliphatic heterocycles. The molecule has 0 fully saturated rings. The van der Waals surface area contributed by atoms with E-state index in [1.165, 1.54) is 34.4 Å². The molecule has 2 aromatic heterocycles. The van der Waals surface area contributed by atoms with Crippen molar-refractivity contribution < 1.29 is 9.90 Å². The molecule has 0 spiro atoms. The summed E-state index contributed by atoms with van der Waals surface area (Å²) in [4.78, 5) is 22.5. The van der Waals surface area contributed by atoms with Crippen molar-refractivity contribution in [3.05, 3.63) is 33.2 Å². The van der Waals surface area contributed by atoms with E-state index >= 15 is 0 Å². The predicted molar refractivity (Wildman–Crippen MR) is 136 cm³/mol. The Labute approximate surface area is 204 Å². The number of aliphatic hydroxyl groups is 1. The van der Waals surface area contributed by atoms with E-state index in [9.17, 15) is 9.90 Å². The molecule has 0 atom stereocenters. The first-order valence-corrected chi connectivity index (χ1v) is 12.9. The monoisotopic (exact) mass is 492 g/mol. The van der Waals surface area contributed by atoms with Gasteiger partial charge < -0.3 is 21.1 Å². The highest BCUT2D eigenvalue weighted by molar-refractivity contribution is 7.99. The maximum atomic E-state index is 11.2. The summed E-state index contributed by atoms with van der Waals surface area (Å²) >= 11 is 2.65. The van der Waals surface area contributed by atoms with Crippen LogP contribution in [0.3, 0.4) is 0 Å². The molecule has 0 unspecified atom stereocenters. The highest BCUT2D eigenvalue weighted by atomic mass is 32.2. The Hall–Kier alpha value is -1.72. The summed E-state index contributed by atoms with van der Waals surface area (Å²) in [6, 6.07) is -0.470. The average Bonchev–Trinajstić information content (AvgIpc) is 3.39. The van der Waals surface area contributed by atoms with Gasteiger partial charge in [-0.1, -0.05) is 13.8 Å². The summed E-state index contributed by atoms with van der Waals surface area (Å²) in [5.74, 6) is 0. The van der Waals surface area contributed by atoms with Crippen molar-refractivity contribution >= 4 is 35.0 Å². The van der Waals surface area contributed by atoms with Gasteiger partial charge in [0.05, 0.1) is 21.3 Å². The van der Waals surface area contributed by atoms with E-state index < -0.39 is 11.6 Å². The molecule has 4 rings (SSSR count). The zero-order chi connectivity index (χ0) is 24.6. The average molecular weight is 493 g/mol. The molecular formula is C23H36N6O2S2. The zero-order valence-electron chi connectivity index (χ0n) is 20.4. The van der Waals surface area contributed by atoms with Crippen LogP contribution in [0.4, 0.5) is 10.5 Å². The molecule has 2 aliphatic rings. The fourth-order valence-electron chi connectivity index (χ4n) is 4.35. The highest BCUT2D eigenvalue weighted by Gasteiger charge is 2.36. The van der Waals surface area contributed by atoms with E-state index in [4.69, 9.17) is 15.9 Å². The minimum absolute atomic E-state index is 0.112. The molecule has 0 aromatic carbocycles. The van der Waals surface area contributed by atoms with Gasteiger partial charge in [-0.25, -0.2) is 9.78 Å². The number of carbonyl (C=O) groups excluding carboxylic acids is 1. The van der Waals surface area contributed by atoms with Crippen LogP contribution in [0.25, 0.3) is 0 Å². The minimum atomic E-state index is -0.889. The molecule has 2 heterocycles. The quantitative estimate of drug-likeness (QED) is 0.468. The molecule has 2 aromatic rings. The van der Waals surface area contributed by atoms with Crippen LogP contribution >= 0.6 is 23.3 Å². The molecule has 33 heavy (non-hydrogen) atoms. The Bertz CT molecular complexity index is 1030. The SMILES string of the molecule is CC1(C)CCc2c1nc1c(c2NC(N)=O)CCC1.CN(C)Cc1nc(C(C)(C)O)sc1SN. The molecule has 0 saturated heterocycles. The molecule has 6 N–H and O–H groups in total. The van der Waals surface area contributed by atoms with Gasteiger partial charge in [-0.2, -0.15) is 0 Å².